The highest BCUT2D eigenvalue weighted by atomic mass is 32.1. The Bertz CT molecular complexity index is 553. The molecule has 18 heavy (non-hydrogen) atoms. The second-order valence-electron chi connectivity index (χ2n) is 5.55. The standard InChI is InChI=1S/C14H19N3S/c1-9-5-10(2)7-17(6-9)11-3-4-12-14(13(11)15)16-8-18-12/h3-4,8-10H,5-7,15H2,1-2H3. The third-order valence-corrected chi connectivity index (χ3v) is 4.52. The van der Waals surface area contributed by atoms with Gasteiger partial charge in [-0.05, 0) is 30.4 Å². The summed E-state index contributed by atoms with van der Waals surface area (Å²) in [7, 11) is 0. The third kappa shape index (κ3) is 1.94. The molecule has 3 nitrogen and oxygen atoms in total. The first-order chi connectivity index (χ1) is 8.65. The van der Waals surface area contributed by atoms with Crippen molar-refractivity contribution in [3.05, 3.63) is 17.6 Å². The van der Waals surface area contributed by atoms with Crippen LogP contribution in [0.15, 0.2) is 17.6 Å². The molecule has 0 saturated carbocycles. The minimum atomic E-state index is 0.735. The third-order valence-electron chi connectivity index (χ3n) is 3.73. The molecule has 1 aromatic carbocycles. The van der Waals surface area contributed by atoms with Gasteiger partial charge >= 0.3 is 0 Å². The van der Waals surface area contributed by atoms with Crippen molar-refractivity contribution in [2.45, 2.75) is 20.3 Å². The quantitative estimate of drug-likeness (QED) is 0.800. The number of nitrogen functional groups attached to an aromatic ring is 1. The van der Waals surface area contributed by atoms with Crippen LogP contribution in [-0.4, -0.2) is 18.1 Å². The molecule has 0 radical (unpaired) electrons. The first-order valence-electron chi connectivity index (χ1n) is 6.51. The van der Waals surface area contributed by atoms with E-state index in [-0.39, 0.29) is 0 Å². The van der Waals surface area contributed by atoms with Gasteiger partial charge in [-0.15, -0.1) is 11.3 Å². The molecule has 1 aliphatic heterocycles. The van der Waals surface area contributed by atoms with Gasteiger partial charge in [0, 0.05) is 13.1 Å². The van der Waals surface area contributed by atoms with Crippen LogP contribution < -0.4 is 10.6 Å². The van der Waals surface area contributed by atoms with Crippen LogP contribution in [0, 0.1) is 11.8 Å². The fourth-order valence-electron chi connectivity index (χ4n) is 3.08. The van der Waals surface area contributed by atoms with E-state index < -0.39 is 0 Å². The summed E-state index contributed by atoms with van der Waals surface area (Å²) in [5, 5.41) is 0. The summed E-state index contributed by atoms with van der Waals surface area (Å²) in [6.45, 7) is 6.84. The molecule has 1 aromatic heterocycles. The Morgan fingerprint density at radius 1 is 1.28 bits per heavy atom. The summed E-state index contributed by atoms with van der Waals surface area (Å²) in [4.78, 5) is 6.80. The minimum Gasteiger partial charge on any atom is -0.395 e. The van der Waals surface area contributed by atoms with Crippen molar-refractivity contribution in [2.75, 3.05) is 23.7 Å². The molecule has 2 N–H and O–H groups in total. The number of rotatable bonds is 1. The van der Waals surface area contributed by atoms with Crippen molar-refractivity contribution in [1.82, 2.24) is 4.98 Å². The molecule has 3 rings (SSSR count). The lowest BCUT2D eigenvalue weighted by molar-refractivity contribution is 0.357. The molecule has 2 heterocycles. The van der Waals surface area contributed by atoms with Crippen molar-refractivity contribution in [2.24, 2.45) is 11.8 Å². The van der Waals surface area contributed by atoms with Crippen LogP contribution in [0.2, 0.25) is 0 Å². The average molecular weight is 261 g/mol. The van der Waals surface area contributed by atoms with Gasteiger partial charge in [0.25, 0.3) is 0 Å². The van der Waals surface area contributed by atoms with Crippen molar-refractivity contribution >= 4 is 32.9 Å². The Kier molecular flexibility index (Phi) is 2.90. The molecule has 1 saturated heterocycles. The number of anilines is 2. The zero-order chi connectivity index (χ0) is 12.7. The molecular formula is C14H19N3S. The fourth-order valence-corrected chi connectivity index (χ4v) is 3.77. The van der Waals surface area contributed by atoms with E-state index in [0.717, 1.165) is 41.8 Å². The van der Waals surface area contributed by atoms with E-state index in [0.29, 0.717) is 0 Å². The van der Waals surface area contributed by atoms with Crippen LogP contribution in [0.4, 0.5) is 11.4 Å². The number of benzene rings is 1. The van der Waals surface area contributed by atoms with Crippen LogP contribution >= 0.6 is 11.3 Å². The summed E-state index contributed by atoms with van der Waals surface area (Å²) >= 11 is 1.65. The summed E-state index contributed by atoms with van der Waals surface area (Å²) in [5.41, 5.74) is 11.1. The van der Waals surface area contributed by atoms with Gasteiger partial charge in [-0.3, -0.25) is 0 Å². The van der Waals surface area contributed by atoms with Gasteiger partial charge in [-0.25, -0.2) is 4.98 Å². The highest BCUT2D eigenvalue weighted by Gasteiger charge is 2.23. The van der Waals surface area contributed by atoms with E-state index in [1.54, 1.807) is 11.3 Å². The molecule has 1 aliphatic rings. The summed E-state index contributed by atoms with van der Waals surface area (Å²) < 4.78 is 1.18. The largest absolute Gasteiger partial charge is 0.395 e. The lowest BCUT2D eigenvalue weighted by atomic mass is 9.91. The Labute approximate surface area is 112 Å². The zero-order valence-electron chi connectivity index (χ0n) is 10.9. The first-order valence-corrected chi connectivity index (χ1v) is 7.39. The molecule has 96 valence electrons. The predicted octanol–water partition coefficient (Wildman–Crippen LogP) is 3.36. The molecule has 4 heteroatoms. The second-order valence-corrected chi connectivity index (χ2v) is 6.43. The van der Waals surface area contributed by atoms with E-state index in [1.807, 2.05) is 5.51 Å². The Hall–Kier alpha value is -1.29. The smallest absolute Gasteiger partial charge is 0.106 e. The second kappa shape index (κ2) is 4.43. The summed E-state index contributed by atoms with van der Waals surface area (Å²) in [5.74, 6) is 1.47. The van der Waals surface area contributed by atoms with E-state index in [4.69, 9.17) is 5.73 Å². The maximum absolute atomic E-state index is 6.29. The van der Waals surface area contributed by atoms with Crippen molar-refractivity contribution < 1.29 is 0 Å². The van der Waals surface area contributed by atoms with E-state index in [2.05, 4.69) is 35.9 Å². The number of thiazole rings is 1. The topological polar surface area (TPSA) is 42.2 Å². The van der Waals surface area contributed by atoms with E-state index in [9.17, 15) is 0 Å². The van der Waals surface area contributed by atoms with Gasteiger partial charge in [0.15, 0.2) is 0 Å². The van der Waals surface area contributed by atoms with Gasteiger partial charge in [0.05, 0.1) is 21.6 Å². The molecule has 0 amide bonds. The lowest BCUT2D eigenvalue weighted by Crippen LogP contribution is -2.39. The van der Waals surface area contributed by atoms with Gasteiger partial charge in [0.1, 0.15) is 5.52 Å². The summed E-state index contributed by atoms with van der Waals surface area (Å²) in [6, 6.07) is 4.29. The van der Waals surface area contributed by atoms with Gasteiger partial charge < -0.3 is 10.6 Å². The Morgan fingerprint density at radius 3 is 2.72 bits per heavy atom. The Morgan fingerprint density at radius 2 is 2.00 bits per heavy atom. The average Bonchev–Trinajstić information content (AvgIpc) is 2.77. The molecule has 0 aliphatic carbocycles. The predicted molar refractivity (Wildman–Crippen MR) is 79.2 cm³/mol. The number of nitrogens with two attached hydrogens (primary N) is 1. The monoisotopic (exact) mass is 261 g/mol. The molecule has 0 spiro atoms. The number of nitrogens with zero attached hydrogens (tertiary/aromatic N) is 2. The number of aromatic nitrogens is 1. The SMILES string of the molecule is CC1CC(C)CN(c2ccc3scnc3c2N)C1. The van der Waals surface area contributed by atoms with Crippen LogP contribution in [0.3, 0.4) is 0 Å². The van der Waals surface area contributed by atoms with Gasteiger partial charge in [-0.2, -0.15) is 0 Å². The van der Waals surface area contributed by atoms with Crippen molar-refractivity contribution in [1.29, 1.82) is 0 Å². The first kappa shape index (κ1) is 11.8. The van der Waals surface area contributed by atoms with Gasteiger partial charge in [0.2, 0.25) is 0 Å². The number of fused-ring (bicyclic) bond motifs is 1. The highest BCUT2D eigenvalue weighted by Crippen LogP contribution is 2.35. The highest BCUT2D eigenvalue weighted by molar-refractivity contribution is 7.16. The normalized spacial score (nSPS) is 24.7. The van der Waals surface area contributed by atoms with Crippen molar-refractivity contribution in [3.8, 4) is 0 Å². The summed E-state index contributed by atoms with van der Waals surface area (Å²) in [6.07, 6.45) is 1.31. The maximum Gasteiger partial charge on any atom is 0.106 e. The minimum absolute atomic E-state index is 0.735. The molecule has 2 atom stereocenters. The van der Waals surface area contributed by atoms with Crippen LogP contribution in [0.1, 0.15) is 20.3 Å². The van der Waals surface area contributed by atoms with Crippen LogP contribution in [0.25, 0.3) is 10.2 Å². The van der Waals surface area contributed by atoms with Crippen LogP contribution in [-0.2, 0) is 0 Å². The fraction of sp³-hybridized carbons (Fsp3) is 0.500. The van der Waals surface area contributed by atoms with Crippen molar-refractivity contribution in [3.63, 3.8) is 0 Å². The lowest BCUT2D eigenvalue weighted by Gasteiger charge is -2.37. The van der Waals surface area contributed by atoms with E-state index in [1.165, 1.54) is 11.1 Å². The molecule has 0 bridgehead atoms. The van der Waals surface area contributed by atoms with Crippen LogP contribution in [0.5, 0.6) is 0 Å². The molecule has 2 unspecified atom stereocenters. The Balaban J connectivity index is 2.00. The number of hydrogen-bond donors (Lipinski definition) is 1. The maximum atomic E-state index is 6.29. The number of hydrogen-bond acceptors (Lipinski definition) is 4. The number of piperidine rings is 1. The molecule has 1 fully saturated rings. The van der Waals surface area contributed by atoms with Gasteiger partial charge in [-0.1, -0.05) is 13.8 Å². The molecular weight excluding hydrogens is 242 g/mol. The zero-order valence-corrected chi connectivity index (χ0v) is 11.7. The van der Waals surface area contributed by atoms with E-state index >= 15 is 0 Å². The molecule has 2 aromatic rings.